The van der Waals surface area contributed by atoms with Crippen molar-refractivity contribution >= 4 is 15.7 Å². The van der Waals surface area contributed by atoms with E-state index in [1.54, 1.807) is 17.7 Å². The molecule has 2 rings (SSSR count). The fourth-order valence-electron chi connectivity index (χ4n) is 2.38. The number of ether oxygens (including phenoxy) is 1. The van der Waals surface area contributed by atoms with E-state index in [-0.39, 0.29) is 10.3 Å². The maximum atomic E-state index is 12.8. The van der Waals surface area contributed by atoms with Crippen molar-refractivity contribution in [1.82, 2.24) is 9.78 Å². The molecular formula is C17H25N3O3S. The molecule has 0 atom stereocenters. The Hall–Kier alpha value is -2.02. The van der Waals surface area contributed by atoms with E-state index in [0.717, 1.165) is 5.56 Å². The number of hydrogen-bond acceptors (Lipinski definition) is 4. The van der Waals surface area contributed by atoms with Crippen molar-refractivity contribution in [2.45, 2.75) is 51.5 Å². The molecule has 0 spiro atoms. The SMILES string of the molecule is CCn1cc(S(=O)(=O)Nc2cc(C(C)(C)C)ccc2OC)c(C)n1. The van der Waals surface area contributed by atoms with Crippen LogP contribution in [0.2, 0.25) is 0 Å². The van der Waals surface area contributed by atoms with Gasteiger partial charge in [-0.05, 0) is 37.0 Å². The number of methoxy groups -OCH3 is 1. The van der Waals surface area contributed by atoms with Crippen LogP contribution in [0.3, 0.4) is 0 Å². The van der Waals surface area contributed by atoms with Crippen molar-refractivity contribution in [3.63, 3.8) is 0 Å². The molecule has 0 bridgehead atoms. The summed E-state index contributed by atoms with van der Waals surface area (Å²) in [6.07, 6.45) is 1.54. The van der Waals surface area contributed by atoms with Crippen LogP contribution in [0.15, 0.2) is 29.3 Å². The van der Waals surface area contributed by atoms with Gasteiger partial charge in [0.25, 0.3) is 10.0 Å². The summed E-state index contributed by atoms with van der Waals surface area (Å²) in [4.78, 5) is 0.174. The Morgan fingerprint density at radius 1 is 1.29 bits per heavy atom. The van der Waals surface area contributed by atoms with Crippen LogP contribution < -0.4 is 9.46 Å². The predicted molar refractivity (Wildman–Crippen MR) is 95.1 cm³/mol. The molecule has 1 heterocycles. The van der Waals surface area contributed by atoms with Crippen LogP contribution >= 0.6 is 0 Å². The normalized spacial score (nSPS) is 12.2. The fourth-order valence-corrected chi connectivity index (χ4v) is 3.63. The second-order valence-electron chi connectivity index (χ2n) is 6.71. The lowest BCUT2D eigenvalue weighted by Gasteiger charge is -2.21. The number of nitrogens with zero attached hydrogens (tertiary/aromatic N) is 2. The summed E-state index contributed by atoms with van der Waals surface area (Å²) in [7, 11) is -2.22. The smallest absolute Gasteiger partial charge is 0.265 e. The molecule has 0 fully saturated rings. The van der Waals surface area contributed by atoms with Gasteiger partial charge in [-0.25, -0.2) is 8.42 Å². The van der Waals surface area contributed by atoms with Gasteiger partial charge in [-0.15, -0.1) is 0 Å². The van der Waals surface area contributed by atoms with Crippen LogP contribution in [-0.4, -0.2) is 25.3 Å². The van der Waals surface area contributed by atoms with Crippen molar-refractivity contribution in [3.05, 3.63) is 35.7 Å². The van der Waals surface area contributed by atoms with Crippen LogP contribution in [0.4, 0.5) is 5.69 Å². The number of sulfonamides is 1. The highest BCUT2D eigenvalue weighted by atomic mass is 32.2. The third-order valence-electron chi connectivity index (χ3n) is 3.82. The third-order valence-corrected chi connectivity index (χ3v) is 5.29. The first-order valence-electron chi connectivity index (χ1n) is 7.84. The average Bonchev–Trinajstić information content (AvgIpc) is 2.88. The van der Waals surface area contributed by atoms with Crippen molar-refractivity contribution < 1.29 is 13.2 Å². The number of anilines is 1. The van der Waals surface area contributed by atoms with Gasteiger partial charge in [-0.1, -0.05) is 26.8 Å². The van der Waals surface area contributed by atoms with Gasteiger partial charge >= 0.3 is 0 Å². The summed E-state index contributed by atoms with van der Waals surface area (Å²) in [5, 5.41) is 4.20. The molecule has 24 heavy (non-hydrogen) atoms. The van der Waals surface area contributed by atoms with Crippen LogP contribution in [0.25, 0.3) is 0 Å². The average molecular weight is 351 g/mol. The topological polar surface area (TPSA) is 73.2 Å². The molecule has 1 aromatic carbocycles. The van der Waals surface area contributed by atoms with Crippen molar-refractivity contribution in [2.75, 3.05) is 11.8 Å². The molecule has 0 radical (unpaired) electrons. The maximum Gasteiger partial charge on any atom is 0.265 e. The third kappa shape index (κ3) is 3.72. The highest BCUT2D eigenvalue weighted by Gasteiger charge is 2.23. The van der Waals surface area contributed by atoms with Gasteiger partial charge < -0.3 is 4.74 Å². The van der Waals surface area contributed by atoms with Gasteiger partial charge in [-0.2, -0.15) is 5.10 Å². The van der Waals surface area contributed by atoms with Gasteiger partial charge in [0.05, 0.1) is 18.5 Å². The summed E-state index contributed by atoms with van der Waals surface area (Å²) in [6, 6.07) is 5.54. The van der Waals surface area contributed by atoms with E-state index < -0.39 is 10.0 Å². The number of hydrogen-bond donors (Lipinski definition) is 1. The second kappa shape index (κ2) is 6.47. The molecule has 2 aromatic rings. The lowest BCUT2D eigenvalue weighted by atomic mass is 9.87. The molecule has 0 aliphatic heterocycles. The van der Waals surface area contributed by atoms with E-state index in [2.05, 4.69) is 30.6 Å². The fraction of sp³-hybridized carbons (Fsp3) is 0.471. The lowest BCUT2D eigenvalue weighted by Crippen LogP contribution is -2.16. The minimum absolute atomic E-state index is 0.102. The molecule has 0 amide bonds. The van der Waals surface area contributed by atoms with E-state index >= 15 is 0 Å². The molecule has 1 N–H and O–H groups in total. The summed E-state index contributed by atoms with van der Waals surface area (Å²) >= 11 is 0. The van der Waals surface area contributed by atoms with E-state index in [1.807, 2.05) is 19.1 Å². The first-order valence-corrected chi connectivity index (χ1v) is 9.32. The molecule has 132 valence electrons. The van der Waals surface area contributed by atoms with Gasteiger partial charge in [0.15, 0.2) is 0 Å². The number of aryl methyl sites for hydroxylation is 2. The monoisotopic (exact) mass is 351 g/mol. The minimum Gasteiger partial charge on any atom is -0.495 e. The van der Waals surface area contributed by atoms with E-state index in [4.69, 9.17) is 4.74 Å². The van der Waals surface area contributed by atoms with Crippen LogP contribution in [0, 0.1) is 6.92 Å². The highest BCUT2D eigenvalue weighted by molar-refractivity contribution is 7.92. The Bertz CT molecular complexity index is 833. The van der Waals surface area contributed by atoms with E-state index in [9.17, 15) is 8.42 Å². The van der Waals surface area contributed by atoms with E-state index in [1.165, 1.54) is 13.3 Å². The molecule has 0 saturated heterocycles. The van der Waals surface area contributed by atoms with Crippen LogP contribution in [0.5, 0.6) is 5.75 Å². The highest BCUT2D eigenvalue weighted by Crippen LogP contribution is 2.33. The molecule has 0 unspecified atom stereocenters. The number of aromatic nitrogens is 2. The van der Waals surface area contributed by atoms with Gasteiger partial charge in [0.1, 0.15) is 10.6 Å². The zero-order valence-corrected chi connectivity index (χ0v) is 15.9. The molecule has 0 saturated carbocycles. The first-order chi connectivity index (χ1) is 11.1. The van der Waals surface area contributed by atoms with Gasteiger partial charge in [0.2, 0.25) is 0 Å². The Labute approximate surface area is 143 Å². The van der Waals surface area contributed by atoms with Crippen molar-refractivity contribution in [1.29, 1.82) is 0 Å². The van der Waals surface area contributed by atoms with Crippen molar-refractivity contribution in [2.24, 2.45) is 0 Å². The first kappa shape index (κ1) is 18.3. The Balaban J connectivity index is 2.46. The Morgan fingerprint density at radius 2 is 1.96 bits per heavy atom. The minimum atomic E-state index is -3.74. The summed E-state index contributed by atoms with van der Waals surface area (Å²) < 4.78 is 35.1. The van der Waals surface area contributed by atoms with Gasteiger partial charge in [-0.3, -0.25) is 9.40 Å². The molecule has 0 aliphatic rings. The zero-order chi connectivity index (χ0) is 18.1. The molecule has 6 nitrogen and oxygen atoms in total. The second-order valence-corrected chi connectivity index (χ2v) is 8.36. The maximum absolute atomic E-state index is 12.8. The molecule has 1 aromatic heterocycles. The number of nitrogens with one attached hydrogen (secondary N) is 1. The zero-order valence-electron chi connectivity index (χ0n) is 15.0. The standard InChI is InChI=1S/C17H25N3O3S/c1-7-20-11-16(12(2)18-20)24(21,22)19-14-10-13(17(3,4)5)8-9-15(14)23-6/h8-11,19H,7H2,1-6H3. The van der Waals surface area contributed by atoms with Crippen LogP contribution in [-0.2, 0) is 22.0 Å². The van der Waals surface area contributed by atoms with Crippen LogP contribution in [0.1, 0.15) is 39.0 Å². The summed E-state index contributed by atoms with van der Waals surface area (Å²) in [6.45, 7) is 10.4. The Morgan fingerprint density at radius 3 is 2.46 bits per heavy atom. The molecule has 7 heteroatoms. The van der Waals surface area contributed by atoms with E-state index in [0.29, 0.717) is 23.7 Å². The lowest BCUT2D eigenvalue weighted by molar-refractivity contribution is 0.416. The summed E-state index contributed by atoms with van der Waals surface area (Å²) in [5.74, 6) is 0.479. The molecule has 0 aliphatic carbocycles. The van der Waals surface area contributed by atoms with Gasteiger partial charge in [0, 0.05) is 12.7 Å². The summed E-state index contributed by atoms with van der Waals surface area (Å²) in [5.41, 5.74) is 1.81. The quantitative estimate of drug-likeness (QED) is 0.897. The predicted octanol–water partition coefficient (Wildman–Crippen LogP) is 3.32. The number of benzene rings is 1. The Kier molecular flexibility index (Phi) is 4.94. The van der Waals surface area contributed by atoms with Crippen molar-refractivity contribution in [3.8, 4) is 5.75 Å². The largest absolute Gasteiger partial charge is 0.495 e. The molecular weight excluding hydrogens is 326 g/mol. The number of rotatable bonds is 5.